The van der Waals surface area contributed by atoms with E-state index in [0.717, 1.165) is 12.2 Å². The Labute approximate surface area is 196 Å². The molecule has 1 aromatic rings. The Kier molecular flexibility index (Phi) is 11.5. The molecule has 1 heterocycles. The summed E-state index contributed by atoms with van der Waals surface area (Å²) in [6.45, 7) is 2.18. The van der Waals surface area contributed by atoms with Gasteiger partial charge < -0.3 is 24.6 Å². The van der Waals surface area contributed by atoms with E-state index < -0.39 is 0 Å². The first-order valence-corrected chi connectivity index (χ1v) is 9.88. The topological polar surface area (TPSA) is 83.5 Å². The summed E-state index contributed by atoms with van der Waals surface area (Å²) in [5.41, 5.74) is 1.19. The summed E-state index contributed by atoms with van der Waals surface area (Å²) in [4.78, 5) is 31.9. The molecule has 1 amide bonds. The van der Waals surface area contributed by atoms with Gasteiger partial charge in [-0.2, -0.15) is 0 Å². The van der Waals surface area contributed by atoms with Crippen LogP contribution >= 0.6 is 24.0 Å². The number of ether oxygens (including phenoxy) is 2. The molecule has 0 atom stereocenters. The van der Waals surface area contributed by atoms with Crippen molar-refractivity contribution in [2.24, 2.45) is 10.9 Å². The van der Waals surface area contributed by atoms with E-state index in [1.165, 1.54) is 17.6 Å². The van der Waals surface area contributed by atoms with Crippen LogP contribution < -0.4 is 10.1 Å². The van der Waals surface area contributed by atoms with Crippen LogP contribution in [0.25, 0.3) is 0 Å². The van der Waals surface area contributed by atoms with Crippen LogP contribution in [0.1, 0.15) is 18.4 Å². The Bertz CT molecular complexity index is 701. The fourth-order valence-corrected chi connectivity index (χ4v) is 3.16. The second-order valence-electron chi connectivity index (χ2n) is 7.24. The van der Waals surface area contributed by atoms with Crippen molar-refractivity contribution < 1.29 is 19.1 Å². The maximum Gasteiger partial charge on any atom is 0.308 e. The van der Waals surface area contributed by atoms with Crippen molar-refractivity contribution in [1.29, 1.82) is 0 Å². The number of piperidine rings is 1. The van der Waals surface area contributed by atoms with E-state index in [0.29, 0.717) is 38.4 Å². The number of nitrogens with zero attached hydrogens (tertiary/aromatic N) is 3. The Morgan fingerprint density at radius 3 is 2.33 bits per heavy atom. The van der Waals surface area contributed by atoms with Crippen LogP contribution in [-0.2, 0) is 20.7 Å². The van der Waals surface area contributed by atoms with Crippen LogP contribution in [0.2, 0.25) is 0 Å². The first kappa shape index (κ1) is 26.0. The first-order valence-electron chi connectivity index (χ1n) is 9.88. The van der Waals surface area contributed by atoms with Gasteiger partial charge >= 0.3 is 5.97 Å². The molecule has 1 aliphatic heterocycles. The van der Waals surface area contributed by atoms with Crippen molar-refractivity contribution in [2.75, 3.05) is 54.5 Å². The average molecular weight is 532 g/mol. The molecule has 0 bridgehead atoms. The number of likely N-dealkylation sites (tertiary alicyclic amines) is 1. The number of hydrogen-bond donors (Lipinski definition) is 1. The minimum absolute atomic E-state index is 0. The Balaban J connectivity index is 0.00000450. The van der Waals surface area contributed by atoms with Gasteiger partial charge in [0, 0.05) is 33.7 Å². The summed E-state index contributed by atoms with van der Waals surface area (Å²) in [5, 5.41) is 3.38. The predicted octanol–water partition coefficient (Wildman–Crippen LogP) is 1.77. The van der Waals surface area contributed by atoms with Crippen LogP contribution in [0.4, 0.5) is 0 Å². The number of aliphatic imine (C=N–C) groups is 1. The van der Waals surface area contributed by atoms with Gasteiger partial charge in [0.05, 0.1) is 20.1 Å². The molecule has 30 heavy (non-hydrogen) atoms. The van der Waals surface area contributed by atoms with Crippen molar-refractivity contribution in [3.8, 4) is 5.75 Å². The minimum atomic E-state index is -0.154. The van der Waals surface area contributed by atoms with E-state index in [-0.39, 0.29) is 48.3 Å². The van der Waals surface area contributed by atoms with Crippen molar-refractivity contribution in [3.63, 3.8) is 0 Å². The lowest BCUT2D eigenvalue weighted by molar-refractivity contribution is -0.146. The molecule has 0 aliphatic carbocycles. The van der Waals surface area contributed by atoms with E-state index in [4.69, 9.17) is 9.47 Å². The zero-order valence-corrected chi connectivity index (χ0v) is 20.5. The molecule has 2 rings (SSSR count). The van der Waals surface area contributed by atoms with Crippen LogP contribution in [0.5, 0.6) is 5.75 Å². The van der Waals surface area contributed by atoms with Crippen molar-refractivity contribution in [1.82, 2.24) is 15.1 Å². The summed E-state index contributed by atoms with van der Waals surface area (Å²) in [7, 11) is 6.51. The number of carbonyl (C=O) groups is 2. The van der Waals surface area contributed by atoms with Crippen LogP contribution in [0.3, 0.4) is 0 Å². The maximum absolute atomic E-state index is 12.0. The average Bonchev–Trinajstić information content (AvgIpc) is 2.75. The fraction of sp³-hybridized carbons (Fsp3) is 0.571. The molecule has 8 nitrogen and oxygen atoms in total. The molecular formula is C21H33IN4O4. The van der Waals surface area contributed by atoms with Crippen LogP contribution in [-0.4, -0.2) is 82.1 Å². The third-order valence-electron chi connectivity index (χ3n) is 5.05. The number of benzene rings is 1. The van der Waals surface area contributed by atoms with E-state index in [1.54, 1.807) is 21.2 Å². The highest BCUT2D eigenvalue weighted by atomic mass is 127. The number of carbonyl (C=O) groups excluding carboxylic acids is 2. The summed E-state index contributed by atoms with van der Waals surface area (Å²) >= 11 is 0. The minimum Gasteiger partial charge on any atom is -0.497 e. The number of likely N-dealkylation sites (N-methyl/N-ethyl adjacent to an activating group) is 1. The molecule has 1 fully saturated rings. The lowest BCUT2D eigenvalue weighted by atomic mass is 9.97. The van der Waals surface area contributed by atoms with E-state index >= 15 is 0 Å². The van der Waals surface area contributed by atoms with Gasteiger partial charge in [0.1, 0.15) is 12.3 Å². The smallest absolute Gasteiger partial charge is 0.308 e. The van der Waals surface area contributed by atoms with Crippen molar-refractivity contribution in [3.05, 3.63) is 29.8 Å². The number of hydrogen-bond acceptors (Lipinski definition) is 5. The first-order chi connectivity index (χ1) is 13.9. The van der Waals surface area contributed by atoms with Gasteiger partial charge in [-0.1, -0.05) is 12.1 Å². The van der Waals surface area contributed by atoms with Crippen LogP contribution in [0, 0.1) is 5.92 Å². The van der Waals surface area contributed by atoms with Crippen molar-refractivity contribution in [2.45, 2.75) is 19.3 Å². The molecule has 1 aromatic carbocycles. The van der Waals surface area contributed by atoms with Crippen molar-refractivity contribution >= 4 is 41.8 Å². The molecule has 1 saturated heterocycles. The largest absolute Gasteiger partial charge is 0.497 e. The molecule has 0 spiro atoms. The number of esters is 1. The predicted molar refractivity (Wildman–Crippen MR) is 127 cm³/mol. The number of amides is 1. The molecule has 0 saturated carbocycles. The quantitative estimate of drug-likeness (QED) is 0.250. The second kappa shape index (κ2) is 13.3. The second-order valence-corrected chi connectivity index (χ2v) is 7.24. The molecule has 9 heteroatoms. The van der Waals surface area contributed by atoms with Gasteiger partial charge in [-0.15, -0.1) is 24.0 Å². The number of halogens is 1. The van der Waals surface area contributed by atoms with Gasteiger partial charge in [-0.25, -0.2) is 4.99 Å². The molecule has 168 valence electrons. The molecule has 1 N–H and O–H groups in total. The highest BCUT2D eigenvalue weighted by Crippen LogP contribution is 2.18. The van der Waals surface area contributed by atoms with Gasteiger partial charge in [0.25, 0.3) is 0 Å². The Hall–Kier alpha value is -2.04. The SMILES string of the molecule is COC(=O)C1CCN(C(=NCC(=O)N(C)C)NCCc2ccc(OC)cc2)CC1.I. The zero-order valence-electron chi connectivity index (χ0n) is 18.2. The molecule has 0 radical (unpaired) electrons. The van der Waals surface area contributed by atoms with E-state index in [1.807, 2.05) is 24.3 Å². The molecule has 1 aliphatic rings. The van der Waals surface area contributed by atoms with Gasteiger partial charge in [-0.3, -0.25) is 9.59 Å². The molecule has 0 unspecified atom stereocenters. The van der Waals surface area contributed by atoms with Gasteiger partial charge in [0.2, 0.25) is 5.91 Å². The number of nitrogens with one attached hydrogen (secondary N) is 1. The summed E-state index contributed by atoms with van der Waals surface area (Å²) < 4.78 is 10.0. The van der Waals surface area contributed by atoms with Gasteiger partial charge in [0.15, 0.2) is 5.96 Å². The van der Waals surface area contributed by atoms with Gasteiger partial charge in [-0.05, 0) is 37.0 Å². The zero-order chi connectivity index (χ0) is 21.2. The lowest BCUT2D eigenvalue weighted by Crippen LogP contribution is -2.47. The highest BCUT2D eigenvalue weighted by Gasteiger charge is 2.27. The van der Waals surface area contributed by atoms with E-state index in [9.17, 15) is 9.59 Å². The number of guanidine groups is 1. The summed E-state index contributed by atoms with van der Waals surface area (Å²) in [6, 6.07) is 7.96. The maximum atomic E-state index is 12.0. The van der Waals surface area contributed by atoms with Crippen LogP contribution in [0.15, 0.2) is 29.3 Å². The Morgan fingerprint density at radius 2 is 1.80 bits per heavy atom. The Morgan fingerprint density at radius 1 is 1.17 bits per heavy atom. The standard InChI is InChI=1S/C21H32N4O4.HI/c1-24(2)19(26)15-23-21(25-13-10-17(11-14-25)20(27)29-4)22-12-9-16-5-7-18(28-3)8-6-16;/h5-8,17H,9-15H2,1-4H3,(H,22,23);1H. The third kappa shape index (κ3) is 8.00. The molecular weight excluding hydrogens is 499 g/mol. The van der Waals surface area contributed by atoms with E-state index in [2.05, 4.69) is 15.2 Å². The fourth-order valence-electron chi connectivity index (χ4n) is 3.16. The number of methoxy groups -OCH3 is 2. The normalized spacial score (nSPS) is 14.5. The summed E-state index contributed by atoms with van der Waals surface area (Å²) in [6.07, 6.45) is 2.25. The summed E-state index contributed by atoms with van der Waals surface area (Å²) in [5.74, 6) is 1.26. The third-order valence-corrected chi connectivity index (χ3v) is 5.05. The molecule has 0 aromatic heterocycles. The number of rotatable bonds is 7. The monoisotopic (exact) mass is 532 g/mol. The highest BCUT2D eigenvalue weighted by molar-refractivity contribution is 14.0. The lowest BCUT2D eigenvalue weighted by Gasteiger charge is -2.33.